The van der Waals surface area contributed by atoms with E-state index in [1.807, 2.05) is 37.4 Å². The summed E-state index contributed by atoms with van der Waals surface area (Å²) in [6, 6.07) is 12.9. The lowest BCUT2D eigenvalue weighted by molar-refractivity contribution is -0.142. The van der Waals surface area contributed by atoms with Gasteiger partial charge in [-0.3, -0.25) is 24.3 Å². The van der Waals surface area contributed by atoms with Crippen molar-refractivity contribution in [2.45, 2.75) is 37.3 Å². The number of amides is 3. The zero-order valence-electron chi connectivity index (χ0n) is 24.6. The van der Waals surface area contributed by atoms with E-state index >= 15 is 0 Å². The van der Waals surface area contributed by atoms with Crippen molar-refractivity contribution in [3.05, 3.63) is 79.6 Å². The first-order valence-electron chi connectivity index (χ1n) is 14.7. The zero-order chi connectivity index (χ0) is 31.9. The van der Waals surface area contributed by atoms with Crippen LogP contribution in [0.5, 0.6) is 0 Å². The van der Waals surface area contributed by atoms with Gasteiger partial charge in [-0.05, 0) is 52.9 Å². The minimum atomic E-state index is -1.22. The molecule has 3 aromatic heterocycles. The van der Waals surface area contributed by atoms with Gasteiger partial charge in [-0.15, -0.1) is 11.3 Å². The van der Waals surface area contributed by atoms with Crippen LogP contribution in [0, 0.1) is 5.92 Å². The van der Waals surface area contributed by atoms with E-state index in [0.717, 1.165) is 16.9 Å². The molecule has 2 fully saturated rings. The number of halogens is 1. The number of aryl methyl sites for hydroxylation is 1. The van der Waals surface area contributed by atoms with Gasteiger partial charge in [0.15, 0.2) is 0 Å². The van der Waals surface area contributed by atoms with Crippen LogP contribution in [0.3, 0.4) is 0 Å². The fourth-order valence-corrected chi connectivity index (χ4v) is 7.99. The molecule has 12 nitrogen and oxygen atoms in total. The Kier molecular flexibility index (Phi) is 8.55. The fraction of sp³-hybridized carbons (Fsp3) is 0.387. The van der Waals surface area contributed by atoms with E-state index in [1.54, 1.807) is 26.6 Å². The lowest BCUT2D eigenvalue weighted by Gasteiger charge is -2.43. The average Bonchev–Trinajstić information content (AvgIpc) is 3.59. The molecule has 0 bridgehead atoms. The summed E-state index contributed by atoms with van der Waals surface area (Å²) < 4.78 is 3.75. The number of hydrogen-bond acceptors (Lipinski definition) is 7. The molecule has 0 spiro atoms. The molecule has 2 aliphatic rings. The number of carbonyl (C=O) groups is 3. The molecule has 3 N–H and O–H groups in total. The lowest BCUT2D eigenvalue weighted by Crippen LogP contribution is -2.53. The third-order valence-corrected chi connectivity index (χ3v) is 10.7. The third-order valence-electron chi connectivity index (χ3n) is 8.91. The smallest absolute Gasteiger partial charge is 0.409 e. The second-order valence-corrected chi connectivity index (χ2v) is 14.2. The molecule has 2 saturated heterocycles. The number of rotatable bonds is 6. The number of likely N-dealkylation sites (tertiary alicyclic amines) is 2. The van der Waals surface area contributed by atoms with Crippen molar-refractivity contribution in [2.24, 2.45) is 13.0 Å². The molecule has 2 atom stereocenters. The van der Waals surface area contributed by atoms with Gasteiger partial charge in [0, 0.05) is 51.3 Å². The average molecular weight is 698 g/mol. The number of carbonyl (C=O) groups excluding carboxylic acids is 2. The van der Waals surface area contributed by atoms with Crippen LogP contribution in [0.2, 0.25) is 0 Å². The summed E-state index contributed by atoms with van der Waals surface area (Å²) in [5, 5.41) is 23.3. The highest BCUT2D eigenvalue weighted by Gasteiger charge is 2.42. The summed E-state index contributed by atoms with van der Waals surface area (Å²) >= 11 is 4.49. The molecular weight excluding hydrogens is 664 g/mol. The van der Waals surface area contributed by atoms with E-state index < -0.39 is 11.7 Å². The standard InChI is InChI=1S/C31H33BrN6O6S/c1-35-11-7-21-26(35)33-18-38(28(21)40)17-31(44)9-13-36(14-10-31)27(39)20-8-12-37(16-22(20)19-5-3-2-4-6-19)29(41)24-15-23(25(32)45-24)34-30(42)43/h2-7,11,15,18,20,22,34,44H,8-10,12-14,16-17H2,1H3,(H,42,43)/t20-,22+/m1/s1. The van der Waals surface area contributed by atoms with Gasteiger partial charge in [0.1, 0.15) is 12.0 Å². The minimum Gasteiger partial charge on any atom is -0.465 e. The largest absolute Gasteiger partial charge is 0.465 e. The molecule has 6 rings (SSSR count). The lowest BCUT2D eigenvalue weighted by atomic mass is 9.79. The molecular formula is C31H33BrN6O6S. The Hall–Kier alpha value is -4.01. The molecule has 0 radical (unpaired) electrons. The molecule has 0 unspecified atom stereocenters. The summed E-state index contributed by atoms with van der Waals surface area (Å²) in [6.07, 6.45) is 3.15. The van der Waals surface area contributed by atoms with Gasteiger partial charge in [-0.1, -0.05) is 30.3 Å². The van der Waals surface area contributed by atoms with Crippen LogP contribution in [0.15, 0.2) is 63.6 Å². The minimum absolute atomic E-state index is 0.00523. The number of piperidine rings is 2. The second kappa shape index (κ2) is 12.4. The first kappa shape index (κ1) is 31.0. The first-order valence-corrected chi connectivity index (χ1v) is 16.3. The number of hydrogen-bond donors (Lipinski definition) is 3. The number of aliphatic hydroxyl groups is 1. The number of fused-ring (bicyclic) bond motifs is 1. The highest BCUT2D eigenvalue weighted by atomic mass is 79.9. The molecule has 5 heterocycles. The van der Waals surface area contributed by atoms with Crippen LogP contribution in [0.1, 0.15) is 40.4 Å². The van der Waals surface area contributed by atoms with Crippen molar-refractivity contribution in [1.29, 1.82) is 0 Å². The predicted molar refractivity (Wildman–Crippen MR) is 173 cm³/mol. The van der Waals surface area contributed by atoms with Crippen molar-refractivity contribution < 1.29 is 24.6 Å². The molecule has 1 aromatic carbocycles. The highest BCUT2D eigenvalue weighted by molar-refractivity contribution is 9.11. The van der Waals surface area contributed by atoms with Crippen molar-refractivity contribution in [1.82, 2.24) is 23.9 Å². The van der Waals surface area contributed by atoms with Crippen molar-refractivity contribution >= 4 is 61.9 Å². The van der Waals surface area contributed by atoms with Crippen LogP contribution < -0.4 is 10.9 Å². The van der Waals surface area contributed by atoms with Gasteiger partial charge in [0.2, 0.25) is 5.91 Å². The molecule has 3 amide bonds. The van der Waals surface area contributed by atoms with Gasteiger partial charge in [-0.25, -0.2) is 9.78 Å². The molecule has 14 heteroatoms. The van der Waals surface area contributed by atoms with Crippen LogP contribution in [0.4, 0.5) is 10.5 Å². The van der Waals surface area contributed by atoms with Crippen LogP contribution >= 0.6 is 27.3 Å². The Bertz CT molecular complexity index is 1810. The third kappa shape index (κ3) is 6.26. The van der Waals surface area contributed by atoms with E-state index in [9.17, 15) is 24.3 Å². The van der Waals surface area contributed by atoms with Crippen LogP contribution in [0.25, 0.3) is 11.0 Å². The predicted octanol–water partition coefficient (Wildman–Crippen LogP) is 3.95. The first-order chi connectivity index (χ1) is 21.5. The topological polar surface area (TPSA) is 150 Å². The monoisotopic (exact) mass is 696 g/mol. The number of carboxylic acid groups (broad SMARTS) is 1. The molecule has 0 aliphatic carbocycles. The van der Waals surface area contributed by atoms with Gasteiger partial charge in [0.25, 0.3) is 11.5 Å². The normalized spacial score (nSPS) is 19.9. The SMILES string of the molecule is Cn1ccc2c(=O)n(CC3(O)CCN(C(=O)[C@@H]4CCN(C(=O)c5cc(NC(=O)O)c(Br)s5)C[C@H]4c4ccccc4)CC3)cnc21. The van der Waals surface area contributed by atoms with Gasteiger partial charge < -0.3 is 24.6 Å². The highest BCUT2D eigenvalue weighted by Crippen LogP contribution is 2.38. The molecule has 236 valence electrons. The quantitative estimate of drug-likeness (QED) is 0.276. The molecule has 4 aromatic rings. The van der Waals surface area contributed by atoms with Crippen molar-refractivity contribution in [2.75, 3.05) is 31.5 Å². The van der Waals surface area contributed by atoms with Gasteiger partial charge in [0.05, 0.1) is 31.9 Å². The maximum atomic E-state index is 14.0. The Labute approximate surface area is 271 Å². The summed E-state index contributed by atoms with van der Waals surface area (Å²) in [7, 11) is 1.82. The summed E-state index contributed by atoms with van der Waals surface area (Å²) in [6.45, 7) is 1.53. The van der Waals surface area contributed by atoms with E-state index in [0.29, 0.717) is 70.8 Å². The van der Waals surface area contributed by atoms with Crippen molar-refractivity contribution in [3.63, 3.8) is 0 Å². The van der Waals surface area contributed by atoms with Crippen LogP contribution in [-0.2, 0) is 18.4 Å². The maximum absolute atomic E-state index is 14.0. The number of thiophene rings is 1. The summed E-state index contributed by atoms with van der Waals surface area (Å²) in [4.78, 5) is 60.0. The van der Waals surface area contributed by atoms with E-state index in [4.69, 9.17) is 5.11 Å². The number of nitrogens with one attached hydrogen (secondary N) is 1. The second-order valence-electron chi connectivity index (χ2n) is 11.8. The Balaban J connectivity index is 1.15. The fourth-order valence-electron chi connectivity index (χ4n) is 6.45. The van der Waals surface area contributed by atoms with Gasteiger partial charge in [-0.2, -0.15) is 0 Å². The molecule has 0 saturated carbocycles. The van der Waals surface area contributed by atoms with E-state index in [-0.39, 0.29) is 35.8 Å². The van der Waals surface area contributed by atoms with E-state index in [2.05, 4.69) is 26.2 Å². The molecule has 2 aliphatic heterocycles. The number of anilines is 1. The van der Waals surface area contributed by atoms with Gasteiger partial charge >= 0.3 is 6.09 Å². The van der Waals surface area contributed by atoms with Crippen LogP contribution in [-0.4, -0.2) is 83.8 Å². The Morgan fingerprint density at radius 2 is 1.84 bits per heavy atom. The number of aromatic nitrogens is 3. The maximum Gasteiger partial charge on any atom is 0.409 e. The zero-order valence-corrected chi connectivity index (χ0v) is 27.0. The summed E-state index contributed by atoms with van der Waals surface area (Å²) in [5.74, 6) is -0.810. The number of nitrogens with zero attached hydrogens (tertiary/aromatic N) is 5. The summed E-state index contributed by atoms with van der Waals surface area (Å²) in [5.41, 5.74) is 0.511. The Morgan fingerprint density at radius 1 is 1.11 bits per heavy atom. The Morgan fingerprint density at radius 3 is 2.56 bits per heavy atom. The molecule has 45 heavy (non-hydrogen) atoms. The van der Waals surface area contributed by atoms with E-state index in [1.165, 1.54) is 17.0 Å². The van der Waals surface area contributed by atoms with Crippen molar-refractivity contribution in [3.8, 4) is 0 Å². The number of benzene rings is 1.